The molecule has 0 spiro atoms. The smallest absolute Gasteiger partial charge is 0.116 e. The van der Waals surface area contributed by atoms with E-state index in [1.807, 2.05) is 6.20 Å². The van der Waals surface area contributed by atoms with Crippen molar-refractivity contribution < 1.29 is 9.84 Å². The van der Waals surface area contributed by atoms with Crippen LogP contribution in [0.5, 0.6) is 0 Å². The predicted octanol–water partition coefficient (Wildman–Crippen LogP) is 1.63. The van der Waals surface area contributed by atoms with Gasteiger partial charge in [0.05, 0.1) is 22.9 Å². The first-order valence-corrected chi connectivity index (χ1v) is 6.03. The number of nitrogens with zero attached hydrogens (tertiary/aromatic N) is 2. The van der Waals surface area contributed by atoms with Crippen LogP contribution in [0.25, 0.3) is 10.2 Å². The summed E-state index contributed by atoms with van der Waals surface area (Å²) in [5, 5.41) is 11.1. The third-order valence-electron chi connectivity index (χ3n) is 2.58. The number of hydrogen-bond donors (Lipinski definition) is 1. The zero-order chi connectivity index (χ0) is 11.4. The van der Waals surface area contributed by atoms with Crippen LogP contribution in [0, 0.1) is 0 Å². The number of aryl methyl sites for hydroxylation is 1. The first-order chi connectivity index (χ1) is 7.85. The topological polar surface area (TPSA) is 55.2 Å². The van der Waals surface area contributed by atoms with Gasteiger partial charge in [-0.2, -0.15) is 0 Å². The Morgan fingerprint density at radius 1 is 1.56 bits per heavy atom. The van der Waals surface area contributed by atoms with Gasteiger partial charge >= 0.3 is 0 Å². The van der Waals surface area contributed by atoms with Gasteiger partial charge in [-0.1, -0.05) is 0 Å². The molecule has 5 heteroatoms. The number of fused-ring (bicyclic) bond motifs is 1. The molecular weight excluding hydrogens is 224 g/mol. The number of aromatic nitrogens is 2. The molecular formula is C11H14N2O2S. The van der Waals surface area contributed by atoms with Crippen molar-refractivity contribution in [3.8, 4) is 0 Å². The minimum atomic E-state index is -0.0863. The molecule has 0 saturated heterocycles. The Bertz CT molecular complexity index is 454. The molecule has 0 aliphatic rings. The van der Waals surface area contributed by atoms with E-state index in [4.69, 9.17) is 9.84 Å². The molecule has 0 unspecified atom stereocenters. The third kappa shape index (κ3) is 2.37. The molecule has 0 amide bonds. The van der Waals surface area contributed by atoms with E-state index in [-0.39, 0.29) is 12.7 Å². The molecule has 16 heavy (non-hydrogen) atoms. The van der Waals surface area contributed by atoms with Crippen molar-refractivity contribution in [1.82, 2.24) is 9.97 Å². The fourth-order valence-electron chi connectivity index (χ4n) is 1.61. The number of aliphatic hydroxyl groups is 1. The SMILES string of the molecule is CO[C@H](CO)CCc1csc2cncnc12. The maximum absolute atomic E-state index is 9.02. The highest BCUT2D eigenvalue weighted by Gasteiger charge is 2.09. The van der Waals surface area contributed by atoms with Crippen molar-refractivity contribution in [2.45, 2.75) is 18.9 Å². The number of rotatable bonds is 5. The second-order valence-corrected chi connectivity index (χ2v) is 4.49. The largest absolute Gasteiger partial charge is 0.394 e. The number of aliphatic hydroxyl groups excluding tert-OH is 1. The van der Waals surface area contributed by atoms with Crippen LogP contribution in [0.1, 0.15) is 12.0 Å². The molecule has 2 heterocycles. The van der Waals surface area contributed by atoms with Crippen molar-refractivity contribution in [3.05, 3.63) is 23.5 Å². The van der Waals surface area contributed by atoms with Gasteiger partial charge in [0.15, 0.2) is 0 Å². The van der Waals surface area contributed by atoms with Crippen LogP contribution in [0.4, 0.5) is 0 Å². The van der Waals surface area contributed by atoms with Crippen molar-refractivity contribution in [3.63, 3.8) is 0 Å². The Hall–Kier alpha value is -1.04. The van der Waals surface area contributed by atoms with Crippen LogP contribution >= 0.6 is 11.3 Å². The molecule has 0 aliphatic heterocycles. The van der Waals surface area contributed by atoms with Crippen LogP contribution in [-0.4, -0.2) is 34.9 Å². The second kappa shape index (κ2) is 5.34. The fourth-order valence-corrected chi connectivity index (χ4v) is 2.53. The fraction of sp³-hybridized carbons (Fsp3) is 0.455. The highest BCUT2D eigenvalue weighted by Crippen LogP contribution is 2.24. The minimum Gasteiger partial charge on any atom is -0.394 e. The van der Waals surface area contributed by atoms with E-state index in [0.29, 0.717) is 0 Å². The van der Waals surface area contributed by atoms with Crippen molar-refractivity contribution >= 4 is 21.6 Å². The van der Waals surface area contributed by atoms with Gasteiger partial charge in [-0.25, -0.2) is 9.97 Å². The van der Waals surface area contributed by atoms with Gasteiger partial charge < -0.3 is 9.84 Å². The summed E-state index contributed by atoms with van der Waals surface area (Å²) < 4.78 is 6.24. The zero-order valence-corrected chi connectivity index (χ0v) is 9.91. The van der Waals surface area contributed by atoms with Crippen LogP contribution in [0.2, 0.25) is 0 Å². The molecule has 0 aromatic carbocycles. The lowest BCUT2D eigenvalue weighted by Gasteiger charge is -2.10. The van der Waals surface area contributed by atoms with Crippen LogP contribution in [0.15, 0.2) is 17.9 Å². The van der Waals surface area contributed by atoms with Crippen molar-refractivity contribution in [2.75, 3.05) is 13.7 Å². The van der Waals surface area contributed by atoms with E-state index >= 15 is 0 Å². The molecule has 86 valence electrons. The summed E-state index contributed by atoms with van der Waals surface area (Å²) in [7, 11) is 1.62. The first kappa shape index (κ1) is 11.4. The van der Waals surface area contributed by atoms with E-state index in [2.05, 4.69) is 15.3 Å². The average Bonchev–Trinajstić information content (AvgIpc) is 2.74. The van der Waals surface area contributed by atoms with Gasteiger partial charge in [0.2, 0.25) is 0 Å². The molecule has 2 rings (SSSR count). The molecule has 0 radical (unpaired) electrons. The summed E-state index contributed by atoms with van der Waals surface area (Å²) >= 11 is 1.65. The predicted molar refractivity (Wildman–Crippen MR) is 63.6 cm³/mol. The van der Waals surface area contributed by atoms with E-state index in [1.54, 1.807) is 24.8 Å². The molecule has 4 nitrogen and oxygen atoms in total. The summed E-state index contributed by atoms with van der Waals surface area (Å²) in [6.45, 7) is 0.0630. The Morgan fingerprint density at radius 2 is 2.44 bits per heavy atom. The Balaban J connectivity index is 2.09. The van der Waals surface area contributed by atoms with E-state index in [1.165, 1.54) is 5.56 Å². The summed E-state index contributed by atoms with van der Waals surface area (Å²) in [6, 6.07) is 0. The van der Waals surface area contributed by atoms with Gasteiger partial charge in [-0.3, -0.25) is 0 Å². The number of hydrogen-bond acceptors (Lipinski definition) is 5. The summed E-state index contributed by atoms with van der Waals surface area (Å²) in [5.74, 6) is 0. The molecule has 1 atom stereocenters. The van der Waals surface area contributed by atoms with Gasteiger partial charge in [-0.05, 0) is 23.8 Å². The lowest BCUT2D eigenvalue weighted by atomic mass is 10.1. The molecule has 2 aromatic rings. The van der Waals surface area contributed by atoms with Gasteiger partial charge in [0.1, 0.15) is 6.33 Å². The lowest BCUT2D eigenvalue weighted by Crippen LogP contribution is -2.16. The standard InChI is InChI=1S/C11H14N2O2S/c1-15-9(5-14)3-2-8-6-16-10-4-12-7-13-11(8)10/h4,6-7,9,14H,2-3,5H2,1H3/t9-/m0/s1. The molecule has 0 saturated carbocycles. The van der Waals surface area contributed by atoms with Crippen molar-refractivity contribution in [2.24, 2.45) is 0 Å². The van der Waals surface area contributed by atoms with Crippen molar-refractivity contribution in [1.29, 1.82) is 0 Å². The highest BCUT2D eigenvalue weighted by atomic mass is 32.1. The average molecular weight is 238 g/mol. The van der Waals surface area contributed by atoms with E-state index in [0.717, 1.165) is 23.1 Å². The third-order valence-corrected chi connectivity index (χ3v) is 3.54. The number of methoxy groups -OCH3 is 1. The summed E-state index contributed by atoms with van der Waals surface area (Å²) in [4.78, 5) is 8.26. The van der Waals surface area contributed by atoms with E-state index in [9.17, 15) is 0 Å². The maximum atomic E-state index is 9.02. The maximum Gasteiger partial charge on any atom is 0.116 e. The monoisotopic (exact) mass is 238 g/mol. The molecule has 2 aromatic heterocycles. The quantitative estimate of drug-likeness (QED) is 0.860. The highest BCUT2D eigenvalue weighted by molar-refractivity contribution is 7.17. The van der Waals surface area contributed by atoms with Crippen LogP contribution < -0.4 is 0 Å². The first-order valence-electron chi connectivity index (χ1n) is 5.15. The summed E-state index contributed by atoms with van der Waals surface area (Å²) in [5.41, 5.74) is 2.23. The molecule has 1 N–H and O–H groups in total. The lowest BCUT2D eigenvalue weighted by molar-refractivity contribution is 0.0436. The van der Waals surface area contributed by atoms with E-state index < -0.39 is 0 Å². The second-order valence-electron chi connectivity index (χ2n) is 3.58. The Kier molecular flexibility index (Phi) is 3.82. The Labute approximate surface area is 97.9 Å². The normalized spacial score (nSPS) is 13.1. The van der Waals surface area contributed by atoms with Gasteiger partial charge in [0.25, 0.3) is 0 Å². The number of ether oxygens (including phenoxy) is 1. The summed E-state index contributed by atoms with van der Waals surface area (Å²) in [6.07, 6.45) is 4.99. The van der Waals surface area contributed by atoms with Crippen LogP contribution in [-0.2, 0) is 11.2 Å². The molecule has 0 bridgehead atoms. The molecule has 0 fully saturated rings. The van der Waals surface area contributed by atoms with Crippen LogP contribution in [0.3, 0.4) is 0 Å². The van der Waals surface area contributed by atoms with Gasteiger partial charge in [0, 0.05) is 13.3 Å². The number of thiophene rings is 1. The minimum absolute atomic E-state index is 0.0630. The Morgan fingerprint density at radius 3 is 3.19 bits per heavy atom. The zero-order valence-electron chi connectivity index (χ0n) is 9.09. The van der Waals surface area contributed by atoms with Gasteiger partial charge in [-0.15, -0.1) is 11.3 Å². The molecule has 0 aliphatic carbocycles.